The first-order valence-electron chi connectivity index (χ1n) is 5.49. The fourth-order valence-corrected chi connectivity index (χ4v) is 2.14. The van der Waals surface area contributed by atoms with Crippen molar-refractivity contribution in [3.05, 3.63) is 34.1 Å². The molecule has 0 aromatic heterocycles. The molecule has 1 aliphatic rings. The third kappa shape index (κ3) is 3.26. The molecule has 92 valence electrons. The van der Waals surface area contributed by atoms with E-state index in [2.05, 4.69) is 21.2 Å². The molecular weight excluding hydrogens is 289 g/mol. The van der Waals surface area contributed by atoms with E-state index in [9.17, 15) is 14.3 Å². The number of carbonyl (C=O) groups is 1. The number of nitrogens with one attached hydrogen (secondary N) is 1. The molecule has 0 bridgehead atoms. The smallest absolute Gasteiger partial charge is 0.252 e. The van der Waals surface area contributed by atoms with Gasteiger partial charge in [0.1, 0.15) is 5.82 Å². The first-order chi connectivity index (χ1) is 8.08. The molecule has 0 saturated heterocycles. The van der Waals surface area contributed by atoms with Crippen molar-refractivity contribution in [1.82, 2.24) is 5.32 Å². The Kier molecular flexibility index (Phi) is 3.79. The first kappa shape index (κ1) is 12.5. The van der Waals surface area contributed by atoms with Crippen molar-refractivity contribution in [1.29, 1.82) is 0 Å². The monoisotopic (exact) mass is 301 g/mol. The van der Waals surface area contributed by atoms with Gasteiger partial charge >= 0.3 is 0 Å². The summed E-state index contributed by atoms with van der Waals surface area (Å²) in [6.45, 7) is 0.243. The van der Waals surface area contributed by atoms with Crippen molar-refractivity contribution < 1.29 is 14.3 Å². The Morgan fingerprint density at radius 1 is 1.59 bits per heavy atom. The van der Waals surface area contributed by atoms with E-state index in [1.807, 2.05) is 0 Å². The molecule has 1 saturated carbocycles. The molecule has 5 heteroatoms. The second kappa shape index (κ2) is 5.14. The summed E-state index contributed by atoms with van der Waals surface area (Å²) in [5, 5.41) is 12.3. The topological polar surface area (TPSA) is 49.3 Å². The van der Waals surface area contributed by atoms with Gasteiger partial charge in [-0.25, -0.2) is 4.39 Å². The van der Waals surface area contributed by atoms with E-state index >= 15 is 0 Å². The zero-order valence-electron chi connectivity index (χ0n) is 9.12. The molecule has 2 rings (SSSR count). The fourth-order valence-electron chi connectivity index (χ4n) is 1.61. The van der Waals surface area contributed by atoms with Crippen LogP contribution >= 0.6 is 15.9 Å². The van der Waals surface area contributed by atoms with Crippen molar-refractivity contribution in [3.8, 4) is 0 Å². The Balaban J connectivity index is 1.94. The highest BCUT2D eigenvalue weighted by Gasteiger charge is 2.29. The van der Waals surface area contributed by atoms with E-state index in [0.717, 1.165) is 12.8 Å². The van der Waals surface area contributed by atoms with E-state index in [-0.39, 0.29) is 12.5 Å². The normalized spacial score (nSPS) is 16.6. The zero-order chi connectivity index (χ0) is 12.4. The average molecular weight is 302 g/mol. The van der Waals surface area contributed by atoms with Crippen LogP contribution in [0, 0.1) is 11.7 Å². The van der Waals surface area contributed by atoms with Crippen LogP contribution in [-0.2, 0) is 0 Å². The van der Waals surface area contributed by atoms with E-state index in [1.165, 1.54) is 18.2 Å². The van der Waals surface area contributed by atoms with Gasteiger partial charge < -0.3 is 10.4 Å². The minimum atomic E-state index is -0.474. The maximum Gasteiger partial charge on any atom is 0.252 e. The molecular formula is C12H13BrFNO2. The van der Waals surface area contributed by atoms with Gasteiger partial charge in [-0.15, -0.1) is 0 Å². The van der Waals surface area contributed by atoms with E-state index in [4.69, 9.17) is 0 Å². The molecule has 1 aromatic carbocycles. The molecule has 1 aliphatic carbocycles. The summed E-state index contributed by atoms with van der Waals surface area (Å²) in [6.07, 6.45) is 1.58. The van der Waals surface area contributed by atoms with Crippen molar-refractivity contribution in [3.63, 3.8) is 0 Å². The molecule has 0 heterocycles. The van der Waals surface area contributed by atoms with Crippen LogP contribution in [0.1, 0.15) is 23.2 Å². The molecule has 0 aliphatic heterocycles. The summed E-state index contributed by atoms with van der Waals surface area (Å²) in [5.74, 6) is -0.380. The van der Waals surface area contributed by atoms with Crippen LogP contribution in [0.5, 0.6) is 0 Å². The van der Waals surface area contributed by atoms with Gasteiger partial charge in [0, 0.05) is 11.0 Å². The molecule has 2 N–H and O–H groups in total. The van der Waals surface area contributed by atoms with Crippen LogP contribution in [0.25, 0.3) is 0 Å². The number of benzene rings is 1. The predicted octanol–water partition coefficient (Wildman–Crippen LogP) is 2.09. The van der Waals surface area contributed by atoms with Gasteiger partial charge in [-0.1, -0.05) is 0 Å². The molecule has 0 radical (unpaired) electrons. The van der Waals surface area contributed by atoms with Crippen LogP contribution in [0.3, 0.4) is 0 Å². The largest absolute Gasteiger partial charge is 0.391 e. The zero-order valence-corrected chi connectivity index (χ0v) is 10.7. The third-order valence-corrected chi connectivity index (χ3v) is 3.47. The van der Waals surface area contributed by atoms with Gasteiger partial charge in [-0.05, 0) is 52.9 Å². The number of aliphatic hydroxyl groups excluding tert-OH is 1. The summed E-state index contributed by atoms with van der Waals surface area (Å²) < 4.78 is 13.3. The van der Waals surface area contributed by atoms with Crippen LogP contribution in [0.2, 0.25) is 0 Å². The van der Waals surface area contributed by atoms with Gasteiger partial charge in [0.25, 0.3) is 5.91 Å². The standard InChI is InChI=1S/C12H13BrFNO2/c13-10-5-8(14)3-4-9(10)12(17)15-6-11(16)7-1-2-7/h3-5,7,11,16H,1-2,6H2,(H,15,17). The highest BCUT2D eigenvalue weighted by Crippen LogP contribution is 2.32. The molecule has 17 heavy (non-hydrogen) atoms. The summed E-state index contributed by atoms with van der Waals surface area (Å²) in [5.41, 5.74) is 0.370. The van der Waals surface area contributed by atoms with Gasteiger partial charge in [0.15, 0.2) is 0 Å². The summed E-state index contributed by atoms with van der Waals surface area (Å²) in [4.78, 5) is 11.7. The Hall–Kier alpha value is -0.940. The quantitative estimate of drug-likeness (QED) is 0.895. The Bertz CT molecular complexity index is 435. The first-order valence-corrected chi connectivity index (χ1v) is 6.28. The average Bonchev–Trinajstić information content (AvgIpc) is 3.09. The van der Waals surface area contributed by atoms with Gasteiger partial charge in [-0.2, -0.15) is 0 Å². The fraction of sp³-hybridized carbons (Fsp3) is 0.417. The van der Waals surface area contributed by atoms with Crippen molar-refractivity contribution in [2.45, 2.75) is 18.9 Å². The highest BCUT2D eigenvalue weighted by atomic mass is 79.9. The van der Waals surface area contributed by atoms with Crippen LogP contribution in [0.4, 0.5) is 4.39 Å². The van der Waals surface area contributed by atoms with Crippen LogP contribution < -0.4 is 5.32 Å². The lowest BCUT2D eigenvalue weighted by atomic mass is 10.2. The van der Waals surface area contributed by atoms with Crippen LogP contribution in [0.15, 0.2) is 22.7 Å². The Morgan fingerprint density at radius 2 is 2.29 bits per heavy atom. The van der Waals surface area contributed by atoms with E-state index < -0.39 is 11.9 Å². The number of aliphatic hydroxyl groups is 1. The maximum absolute atomic E-state index is 12.8. The lowest BCUT2D eigenvalue weighted by Gasteiger charge is -2.11. The van der Waals surface area contributed by atoms with E-state index in [0.29, 0.717) is 16.0 Å². The number of halogens is 2. The van der Waals surface area contributed by atoms with Gasteiger partial charge in [0.05, 0.1) is 11.7 Å². The van der Waals surface area contributed by atoms with Gasteiger partial charge in [-0.3, -0.25) is 4.79 Å². The second-order valence-electron chi connectivity index (χ2n) is 4.24. The lowest BCUT2D eigenvalue weighted by Crippen LogP contribution is -2.33. The minimum Gasteiger partial charge on any atom is -0.391 e. The third-order valence-electron chi connectivity index (χ3n) is 2.81. The molecule has 1 atom stereocenters. The molecule has 0 spiro atoms. The lowest BCUT2D eigenvalue weighted by molar-refractivity contribution is 0.0900. The summed E-state index contributed by atoms with van der Waals surface area (Å²) in [7, 11) is 0. The molecule has 1 amide bonds. The molecule has 1 unspecified atom stereocenters. The van der Waals surface area contributed by atoms with Crippen molar-refractivity contribution in [2.24, 2.45) is 5.92 Å². The number of carbonyl (C=O) groups excluding carboxylic acids is 1. The second-order valence-corrected chi connectivity index (χ2v) is 5.09. The SMILES string of the molecule is O=C(NCC(O)C1CC1)c1ccc(F)cc1Br. The highest BCUT2D eigenvalue weighted by molar-refractivity contribution is 9.10. The summed E-state index contributed by atoms with van der Waals surface area (Å²) >= 11 is 3.13. The minimum absolute atomic E-state index is 0.243. The van der Waals surface area contributed by atoms with E-state index in [1.54, 1.807) is 0 Å². The number of hydrogen-bond acceptors (Lipinski definition) is 2. The maximum atomic E-state index is 12.8. The van der Waals surface area contributed by atoms with Gasteiger partial charge in [0.2, 0.25) is 0 Å². The Labute approximate surface area is 107 Å². The number of amides is 1. The number of rotatable bonds is 4. The predicted molar refractivity (Wildman–Crippen MR) is 65.2 cm³/mol. The molecule has 1 fully saturated rings. The number of hydrogen-bond donors (Lipinski definition) is 2. The van der Waals surface area contributed by atoms with Crippen LogP contribution in [-0.4, -0.2) is 23.7 Å². The van der Waals surface area contributed by atoms with Crippen molar-refractivity contribution >= 4 is 21.8 Å². The Morgan fingerprint density at radius 3 is 2.88 bits per heavy atom. The molecule has 3 nitrogen and oxygen atoms in total. The summed E-state index contributed by atoms with van der Waals surface area (Å²) in [6, 6.07) is 3.89. The van der Waals surface area contributed by atoms with Crippen molar-refractivity contribution in [2.75, 3.05) is 6.54 Å². The molecule has 1 aromatic rings.